The zero-order chi connectivity index (χ0) is 38.6. The fraction of sp³-hybridized carbons (Fsp3) is 0.973. The first-order valence-electron chi connectivity index (χ1n) is 19.2. The Morgan fingerprint density at radius 2 is 0.566 bits per heavy atom. The molecule has 0 saturated carbocycles. The minimum atomic E-state index is -0.476. The monoisotopic (exact) mass is 792 g/mol. The van der Waals surface area contributed by atoms with Crippen LogP contribution < -0.4 is 0 Å². The van der Waals surface area contributed by atoms with Crippen molar-refractivity contribution in [3.8, 4) is 0 Å². The van der Waals surface area contributed by atoms with Gasteiger partial charge < -0.3 is 66.3 Å². The van der Waals surface area contributed by atoms with Gasteiger partial charge in [0.2, 0.25) is 0 Å². The molecule has 53 heavy (non-hydrogen) atoms. The summed E-state index contributed by atoms with van der Waals surface area (Å²) in [6.45, 7) is 18.7. The normalized spacial score (nSPS) is 11.8. The molecule has 0 atom stereocenters. The maximum Gasteiger partial charge on any atom is 0.308 e. The highest BCUT2D eigenvalue weighted by molar-refractivity contribution is 6.17. The Labute approximate surface area is 324 Å². The number of hydrogen-bond donors (Lipinski definition) is 0. The van der Waals surface area contributed by atoms with Crippen LogP contribution in [0.25, 0.3) is 0 Å². The smallest absolute Gasteiger partial charge is 0.308 e. The van der Waals surface area contributed by atoms with Gasteiger partial charge in [-0.05, 0) is 33.6 Å². The van der Waals surface area contributed by atoms with E-state index in [0.717, 1.165) is 31.7 Å². The van der Waals surface area contributed by atoms with Crippen molar-refractivity contribution in [1.29, 1.82) is 0 Å². The highest BCUT2D eigenvalue weighted by atomic mass is 35.5. The van der Waals surface area contributed by atoms with Gasteiger partial charge in [-0.1, -0.05) is 12.8 Å². The van der Waals surface area contributed by atoms with Crippen molar-refractivity contribution in [3.63, 3.8) is 0 Å². The summed E-state index contributed by atoms with van der Waals surface area (Å²) < 4.78 is 76.4. The Hall–Kier alpha value is -0.760. The zero-order valence-electron chi connectivity index (χ0n) is 33.1. The molecule has 318 valence electrons. The maximum atomic E-state index is 11.6. The van der Waals surface area contributed by atoms with Gasteiger partial charge in [-0.2, -0.15) is 0 Å². The molecule has 0 aromatic carbocycles. The fourth-order valence-electron chi connectivity index (χ4n) is 3.94. The summed E-state index contributed by atoms with van der Waals surface area (Å²) in [6, 6.07) is 0. The molecule has 0 heterocycles. The van der Waals surface area contributed by atoms with Crippen molar-refractivity contribution in [3.05, 3.63) is 0 Å². The molecule has 0 saturated heterocycles. The molecule has 0 amide bonds. The Balaban J connectivity index is 3.09. The molecule has 0 unspecified atom stereocenters. The number of ether oxygens (including phenoxy) is 14. The van der Waals surface area contributed by atoms with E-state index in [-0.39, 0.29) is 12.4 Å². The van der Waals surface area contributed by atoms with Crippen LogP contribution in [-0.4, -0.2) is 189 Å². The van der Waals surface area contributed by atoms with Crippen LogP contribution in [0.1, 0.15) is 52.9 Å². The van der Waals surface area contributed by atoms with Crippen LogP contribution in [0.3, 0.4) is 0 Å². The number of rotatable bonds is 45. The number of alkyl halides is 1. The van der Waals surface area contributed by atoms with Crippen LogP contribution in [0.4, 0.5) is 0 Å². The molecule has 0 aromatic heterocycles. The summed E-state index contributed by atoms with van der Waals surface area (Å²) in [5.41, 5.74) is -0.476. The van der Waals surface area contributed by atoms with Crippen LogP contribution in [0.15, 0.2) is 0 Å². The predicted molar refractivity (Wildman–Crippen MR) is 200 cm³/mol. The van der Waals surface area contributed by atoms with Gasteiger partial charge in [-0.3, -0.25) is 4.79 Å². The molecule has 15 nitrogen and oxygen atoms in total. The van der Waals surface area contributed by atoms with E-state index >= 15 is 0 Å². The van der Waals surface area contributed by atoms with Crippen LogP contribution in [0.5, 0.6) is 0 Å². The Morgan fingerprint density at radius 3 is 0.811 bits per heavy atom. The van der Waals surface area contributed by atoms with Crippen molar-refractivity contribution in [2.75, 3.05) is 178 Å². The zero-order valence-corrected chi connectivity index (χ0v) is 33.9. The van der Waals surface area contributed by atoms with E-state index in [1.807, 2.05) is 20.8 Å². The van der Waals surface area contributed by atoms with E-state index in [2.05, 4.69) is 0 Å². The lowest BCUT2D eigenvalue weighted by Gasteiger charge is -2.19. The molecule has 0 aliphatic carbocycles. The molecular weight excluding hydrogens is 720 g/mol. The minimum absolute atomic E-state index is 0.230. The molecule has 0 aliphatic heterocycles. The molecule has 0 rings (SSSR count). The first kappa shape index (κ1) is 52.2. The van der Waals surface area contributed by atoms with Gasteiger partial charge in [0.25, 0.3) is 0 Å². The van der Waals surface area contributed by atoms with Crippen molar-refractivity contribution < 1.29 is 71.1 Å². The maximum absolute atomic E-state index is 11.6. The van der Waals surface area contributed by atoms with Crippen LogP contribution in [0, 0.1) is 0 Å². The van der Waals surface area contributed by atoms with E-state index in [1.165, 1.54) is 6.42 Å². The van der Waals surface area contributed by atoms with E-state index in [1.54, 1.807) is 0 Å². The van der Waals surface area contributed by atoms with Crippen molar-refractivity contribution in [2.45, 2.75) is 58.5 Å². The second-order valence-corrected chi connectivity index (χ2v) is 12.8. The van der Waals surface area contributed by atoms with Crippen molar-refractivity contribution in [1.82, 2.24) is 0 Å². The minimum Gasteiger partial charge on any atom is -0.460 e. The molecule has 0 aliphatic rings. The van der Waals surface area contributed by atoms with Crippen molar-refractivity contribution in [2.24, 2.45) is 0 Å². The molecule has 0 N–H and O–H groups in total. The summed E-state index contributed by atoms with van der Waals surface area (Å²) in [5.74, 6) is 0.474. The standard InChI is InChI=1S/C37H73ClO15/c1-37(2,3)53-36(39)8-11-41-13-15-43-17-19-45-21-23-47-25-27-49-29-31-51-33-35-52-34-32-50-30-28-48-26-24-46-22-20-44-18-16-42-14-12-40-10-7-5-4-6-9-38/h4-35H2,1-3H3. The van der Waals surface area contributed by atoms with Crippen LogP contribution in [-0.2, 0) is 71.1 Å². The number of carbonyl (C=O) groups is 1. The van der Waals surface area contributed by atoms with Gasteiger partial charge in [-0.25, -0.2) is 0 Å². The first-order valence-corrected chi connectivity index (χ1v) is 19.8. The molecule has 0 bridgehead atoms. The molecule has 0 radical (unpaired) electrons. The third kappa shape index (κ3) is 49.2. The molecule has 0 spiro atoms. The van der Waals surface area contributed by atoms with E-state index in [9.17, 15) is 4.79 Å². The lowest BCUT2D eigenvalue weighted by molar-refractivity contribution is -0.156. The molecule has 0 aromatic rings. The summed E-state index contributed by atoms with van der Waals surface area (Å²) in [4.78, 5) is 11.6. The van der Waals surface area contributed by atoms with Crippen LogP contribution >= 0.6 is 11.6 Å². The van der Waals surface area contributed by atoms with Gasteiger partial charge >= 0.3 is 5.97 Å². The Morgan fingerprint density at radius 1 is 0.340 bits per heavy atom. The van der Waals surface area contributed by atoms with Crippen LogP contribution in [0.2, 0.25) is 0 Å². The number of esters is 1. The third-order valence-corrected chi connectivity index (χ3v) is 6.77. The molecular formula is C37H73ClO15. The average Bonchev–Trinajstić information content (AvgIpc) is 3.12. The summed E-state index contributed by atoms with van der Waals surface area (Å²) >= 11 is 5.66. The largest absolute Gasteiger partial charge is 0.460 e. The number of unbranched alkanes of at least 4 members (excludes halogenated alkanes) is 3. The summed E-state index contributed by atoms with van der Waals surface area (Å²) in [6.07, 6.45) is 4.71. The van der Waals surface area contributed by atoms with Gasteiger partial charge in [0.05, 0.1) is 172 Å². The van der Waals surface area contributed by atoms with Gasteiger partial charge in [0.1, 0.15) is 5.60 Å². The van der Waals surface area contributed by atoms with Gasteiger partial charge in [0.15, 0.2) is 0 Å². The summed E-state index contributed by atoms with van der Waals surface area (Å²) in [7, 11) is 0. The van der Waals surface area contributed by atoms with E-state index in [4.69, 9.17) is 77.9 Å². The average molecular weight is 793 g/mol. The molecule has 0 fully saturated rings. The van der Waals surface area contributed by atoms with Crippen molar-refractivity contribution >= 4 is 17.6 Å². The van der Waals surface area contributed by atoms with E-state index in [0.29, 0.717) is 165 Å². The second-order valence-electron chi connectivity index (χ2n) is 12.4. The van der Waals surface area contributed by atoms with E-state index < -0.39 is 5.60 Å². The fourth-order valence-corrected chi connectivity index (χ4v) is 4.13. The number of carbonyl (C=O) groups excluding carboxylic acids is 1. The second kappa shape index (κ2) is 44.0. The lowest BCUT2D eigenvalue weighted by Crippen LogP contribution is -2.24. The highest BCUT2D eigenvalue weighted by Gasteiger charge is 2.15. The Kier molecular flexibility index (Phi) is 43.3. The number of hydrogen-bond acceptors (Lipinski definition) is 15. The number of halogens is 1. The van der Waals surface area contributed by atoms with Gasteiger partial charge in [0, 0.05) is 12.5 Å². The topological polar surface area (TPSA) is 146 Å². The SMILES string of the molecule is CC(C)(C)OC(=O)CCOCCOCCOCCOCCOCCOCCOCCOCCOCCOCCOCCOCCOCCCCCCCl. The lowest BCUT2D eigenvalue weighted by atomic mass is 10.2. The highest BCUT2D eigenvalue weighted by Crippen LogP contribution is 2.08. The quantitative estimate of drug-likeness (QED) is 0.0501. The summed E-state index contributed by atoms with van der Waals surface area (Å²) in [5, 5.41) is 0. The predicted octanol–water partition coefficient (Wildman–Crippen LogP) is 3.73. The third-order valence-electron chi connectivity index (χ3n) is 6.51. The first-order chi connectivity index (χ1) is 26.0. The van der Waals surface area contributed by atoms with Gasteiger partial charge in [-0.15, -0.1) is 11.6 Å². The molecule has 16 heteroatoms. The Bertz CT molecular complexity index is 718.